The van der Waals surface area contributed by atoms with Crippen LogP contribution in [0.15, 0.2) is 41.7 Å². The Hall–Kier alpha value is -2.34. The van der Waals surface area contributed by atoms with Crippen LogP contribution < -0.4 is 10.6 Å². The number of nitrogens with one attached hydrogen (secondary N) is 2. The van der Waals surface area contributed by atoms with E-state index < -0.39 is 0 Å². The van der Waals surface area contributed by atoms with E-state index in [0.29, 0.717) is 5.92 Å². The lowest BCUT2D eigenvalue weighted by Crippen LogP contribution is -2.37. The zero-order valence-electron chi connectivity index (χ0n) is 17.0. The van der Waals surface area contributed by atoms with E-state index in [1.807, 2.05) is 19.3 Å². The first kappa shape index (κ1) is 21.0. The van der Waals surface area contributed by atoms with Gasteiger partial charge in [0.25, 0.3) is 0 Å². The Kier molecular flexibility index (Phi) is 8.84. The molecule has 27 heavy (non-hydrogen) atoms. The molecule has 0 atom stereocenters. The van der Waals surface area contributed by atoms with Crippen LogP contribution >= 0.6 is 0 Å². The monoisotopic (exact) mass is 371 g/mol. The van der Waals surface area contributed by atoms with Gasteiger partial charge in [-0.1, -0.05) is 38.1 Å². The molecule has 0 spiro atoms. The van der Waals surface area contributed by atoms with Gasteiger partial charge in [0.15, 0.2) is 5.96 Å². The largest absolute Gasteiger partial charge is 0.381 e. The Labute approximate surface area is 163 Å². The molecule has 0 fully saturated rings. The standard InChI is InChI=1S/C21H33N5O/c1-17(2)16-27-12-6-9-24-21(22-4)25-14-19-7-5-8-20(13-19)15-26-11-10-23-18(26)3/h5,7-8,10-11,13,17H,6,9,12,14-16H2,1-4H3,(H2,22,24,25). The molecule has 1 aromatic carbocycles. The number of aliphatic imine (C=N–C) groups is 1. The van der Waals surface area contributed by atoms with Gasteiger partial charge in [0.1, 0.15) is 5.82 Å². The summed E-state index contributed by atoms with van der Waals surface area (Å²) < 4.78 is 7.74. The van der Waals surface area contributed by atoms with E-state index in [1.165, 1.54) is 11.1 Å². The summed E-state index contributed by atoms with van der Waals surface area (Å²) in [5, 5.41) is 6.70. The van der Waals surface area contributed by atoms with Crippen molar-refractivity contribution < 1.29 is 4.74 Å². The Morgan fingerprint density at radius 1 is 1.26 bits per heavy atom. The molecular weight excluding hydrogens is 338 g/mol. The normalized spacial score (nSPS) is 11.8. The van der Waals surface area contributed by atoms with Crippen molar-refractivity contribution in [3.05, 3.63) is 53.6 Å². The topological polar surface area (TPSA) is 63.5 Å². The van der Waals surface area contributed by atoms with Gasteiger partial charge >= 0.3 is 0 Å². The van der Waals surface area contributed by atoms with Gasteiger partial charge in [-0.2, -0.15) is 0 Å². The fourth-order valence-corrected chi connectivity index (χ4v) is 2.71. The minimum absolute atomic E-state index is 0.584. The van der Waals surface area contributed by atoms with Crippen LogP contribution in [0.1, 0.15) is 37.2 Å². The van der Waals surface area contributed by atoms with Crippen LogP contribution in [0.3, 0.4) is 0 Å². The SMILES string of the molecule is CN=C(NCCCOCC(C)C)NCc1cccc(Cn2ccnc2C)c1. The lowest BCUT2D eigenvalue weighted by atomic mass is 10.1. The molecule has 0 saturated heterocycles. The first-order valence-corrected chi connectivity index (χ1v) is 9.66. The quantitative estimate of drug-likeness (QED) is 0.383. The third kappa shape index (κ3) is 7.83. The second-order valence-corrected chi connectivity index (χ2v) is 7.10. The molecule has 2 rings (SSSR count). The van der Waals surface area contributed by atoms with Crippen molar-refractivity contribution in [2.45, 2.75) is 40.3 Å². The van der Waals surface area contributed by atoms with Gasteiger partial charge in [-0.15, -0.1) is 0 Å². The first-order valence-electron chi connectivity index (χ1n) is 9.66. The molecule has 0 radical (unpaired) electrons. The molecule has 0 bridgehead atoms. The van der Waals surface area contributed by atoms with E-state index in [1.54, 1.807) is 7.05 Å². The van der Waals surface area contributed by atoms with Crippen molar-refractivity contribution in [1.29, 1.82) is 0 Å². The van der Waals surface area contributed by atoms with Gasteiger partial charge in [-0.05, 0) is 30.4 Å². The van der Waals surface area contributed by atoms with E-state index in [9.17, 15) is 0 Å². The van der Waals surface area contributed by atoms with Gasteiger partial charge in [-0.3, -0.25) is 4.99 Å². The Balaban J connectivity index is 1.74. The van der Waals surface area contributed by atoms with Crippen LogP contribution in [0, 0.1) is 12.8 Å². The number of hydrogen-bond donors (Lipinski definition) is 2. The lowest BCUT2D eigenvalue weighted by molar-refractivity contribution is 0.108. The predicted octanol–water partition coefficient (Wildman–Crippen LogP) is 2.97. The van der Waals surface area contributed by atoms with Gasteiger partial charge < -0.3 is 19.9 Å². The number of nitrogens with zero attached hydrogens (tertiary/aromatic N) is 3. The number of aryl methyl sites for hydroxylation is 1. The maximum Gasteiger partial charge on any atom is 0.191 e. The van der Waals surface area contributed by atoms with Crippen LogP contribution in [0.25, 0.3) is 0 Å². The third-order valence-electron chi connectivity index (χ3n) is 4.16. The van der Waals surface area contributed by atoms with E-state index in [0.717, 1.165) is 51.1 Å². The van der Waals surface area contributed by atoms with E-state index >= 15 is 0 Å². The van der Waals surface area contributed by atoms with Crippen molar-refractivity contribution in [2.24, 2.45) is 10.9 Å². The Bertz CT molecular complexity index is 708. The third-order valence-corrected chi connectivity index (χ3v) is 4.16. The van der Waals surface area contributed by atoms with Crippen LogP contribution in [0.2, 0.25) is 0 Å². The maximum absolute atomic E-state index is 5.60. The summed E-state index contributed by atoms with van der Waals surface area (Å²) in [6.45, 7) is 10.4. The summed E-state index contributed by atoms with van der Waals surface area (Å²) in [6.07, 6.45) is 4.81. The van der Waals surface area contributed by atoms with Gasteiger partial charge in [0.2, 0.25) is 0 Å². The minimum atomic E-state index is 0.584. The maximum atomic E-state index is 5.60. The molecule has 0 saturated carbocycles. The number of imidazole rings is 1. The summed E-state index contributed by atoms with van der Waals surface area (Å²) in [5.41, 5.74) is 2.49. The average Bonchev–Trinajstić information content (AvgIpc) is 3.05. The highest BCUT2D eigenvalue weighted by atomic mass is 16.5. The number of guanidine groups is 1. The second-order valence-electron chi connectivity index (χ2n) is 7.10. The Morgan fingerprint density at radius 2 is 2.07 bits per heavy atom. The minimum Gasteiger partial charge on any atom is -0.381 e. The molecule has 1 heterocycles. The van der Waals surface area contributed by atoms with Crippen LogP contribution in [0.5, 0.6) is 0 Å². The highest BCUT2D eigenvalue weighted by Crippen LogP contribution is 2.08. The summed E-state index contributed by atoms with van der Waals surface area (Å²) >= 11 is 0. The fourth-order valence-electron chi connectivity index (χ4n) is 2.71. The molecular formula is C21H33N5O. The van der Waals surface area contributed by atoms with Crippen LogP contribution in [-0.4, -0.2) is 42.3 Å². The molecule has 2 N–H and O–H groups in total. The first-order chi connectivity index (χ1) is 13.1. The van der Waals surface area contributed by atoms with E-state index in [2.05, 4.69) is 63.3 Å². The zero-order chi connectivity index (χ0) is 19.5. The summed E-state index contributed by atoms with van der Waals surface area (Å²) in [6, 6.07) is 8.60. The summed E-state index contributed by atoms with van der Waals surface area (Å²) in [7, 11) is 1.79. The van der Waals surface area contributed by atoms with E-state index in [-0.39, 0.29) is 0 Å². The molecule has 0 amide bonds. The second kappa shape index (κ2) is 11.4. The molecule has 148 valence electrons. The average molecular weight is 372 g/mol. The fraction of sp³-hybridized carbons (Fsp3) is 0.524. The molecule has 6 heteroatoms. The predicted molar refractivity (Wildman–Crippen MR) is 111 cm³/mol. The number of rotatable bonds is 10. The smallest absolute Gasteiger partial charge is 0.191 e. The number of benzene rings is 1. The summed E-state index contributed by atoms with van der Waals surface area (Å²) in [5.74, 6) is 2.43. The summed E-state index contributed by atoms with van der Waals surface area (Å²) in [4.78, 5) is 8.56. The van der Waals surface area contributed by atoms with Gasteiger partial charge in [0, 0.05) is 52.3 Å². The van der Waals surface area contributed by atoms with Gasteiger partial charge in [0.05, 0.1) is 0 Å². The molecule has 1 aromatic heterocycles. The van der Waals surface area contributed by atoms with Crippen LogP contribution in [-0.2, 0) is 17.8 Å². The number of aromatic nitrogens is 2. The molecule has 0 aliphatic rings. The van der Waals surface area contributed by atoms with Crippen molar-refractivity contribution in [3.8, 4) is 0 Å². The lowest BCUT2D eigenvalue weighted by Gasteiger charge is -2.13. The van der Waals surface area contributed by atoms with Crippen molar-refractivity contribution >= 4 is 5.96 Å². The van der Waals surface area contributed by atoms with Gasteiger partial charge in [-0.25, -0.2) is 4.98 Å². The van der Waals surface area contributed by atoms with E-state index in [4.69, 9.17) is 4.74 Å². The zero-order valence-corrected chi connectivity index (χ0v) is 17.0. The molecule has 0 unspecified atom stereocenters. The molecule has 2 aromatic rings. The Morgan fingerprint density at radius 3 is 2.78 bits per heavy atom. The van der Waals surface area contributed by atoms with Crippen molar-refractivity contribution in [3.63, 3.8) is 0 Å². The van der Waals surface area contributed by atoms with Crippen molar-refractivity contribution in [1.82, 2.24) is 20.2 Å². The molecule has 0 aliphatic carbocycles. The highest BCUT2D eigenvalue weighted by molar-refractivity contribution is 5.79. The van der Waals surface area contributed by atoms with Crippen molar-refractivity contribution in [2.75, 3.05) is 26.8 Å². The molecule has 6 nitrogen and oxygen atoms in total. The molecule has 0 aliphatic heterocycles. The highest BCUT2D eigenvalue weighted by Gasteiger charge is 2.02. The number of ether oxygens (including phenoxy) is 1. The number of hydrogen-bond acceptors (Lipinski definition) is 3. The van der Waals surface area contributed by atoms with Crippen LogP contribution in [0.4, 0.5) is 0 Å².